The van der Waals surface area contributed by atoms with E-state index in [0.29, 0.717) is 0 Å². The molecule has 14 heavy (non-hydrogen) atoms. The number of hydrogen-bond donors (Lipinski definition) is 2. The molecule has 3 N–H and O–H groups in total. The molecule has 1 atom stereocenters. The second kappa shape index (κ2) is 5.34. The quantitative estimate of drug-likeness (QED) is 0.450. The van der Waals surface area contributed by atoms with E-state index in [4.69, 9.17) is 5.73 Å². The molecule has 74 valence electrons. The van der Waals surface area contributed by atoms with Gasteiger partial charge in [0.05, 0.1) is 0 Å². The Morgan fingerprint density at radius 1 is 1.50 bits per heavy atom. The summed E-state index contributed by atoms with van der Waals surface area (Å²) in [6, 6.07) is 10.1. The summed E-state index contributed by atoms with van der Waals surface area (Å²) < 4.78 is 0. The number of nitrogens with zero attached hydrogens (tertiary/aromatic N) is 1. The Kier molecular flexibility index (Phi) is 4.07. The molecule has 0 aliphatic rings. The first-order valence-corrected chi connectivity index (χ1v) is 4.74. The van der Waals surface area contributed by atoms with Crippen molar-refractivity contribution in [3.63, 3.8) is 0 Å². The fourth-order valence-corrected chi connectivity index (χ4v) is 1.11. The Morgan fingerprint density at radius 2 is 2.14 bits per heavy atom. The third kappa shape index (κ3) is 3.53. The van der Waals surface area contributed by atoms with Gasteiger partial charge in [-0.1, -0.05) is 37.3 Å². The molecule has 1 rings (SSSR count). The monoisotopic (exact) mass is 207 g/mol. The van der Waals surface area contributed by atoms with Crippen LogP contribution in [-0.2, 0) is 0 Å². The van der Waals surface area contributed by atoms with Crippen LogP contribution in [0.15, 0.2) is 35.4 Å². The van der Waals surface area contributed by atoms with Crippen molar-refractivity contribution >= 4 is 23.5 Å². The Bertz CT molecular complexity index is 321. The van der Waals surface area contributed by atoms with Crippen LogP contribution in [0.2, 0.25) is 0 Å². The molecular formula is C10H13N3S. The zero-order valence-electron chi connectivity index (χ0n) is 7.97. The highest BCUT2D eigenvalue weighted by Gasteiger charge is 1.99. The molecule has 0 saturated carbocycles. The number of nitrogens with one attached hydrogen (secondary N) is 1. The van der Waals surface area contributed by atoms with Gasteiger partial charge in [0.25, 0.3) is 0 Å². The molecule has 1 unspecified atom stereocenters. The molecule has 4 heteroatoms. The van der Waals surface area contributed by atoms with Crippen LogP contribution in [0.1, 0.15) is 18.4 Å². The maximum atomic E-state index is 5.22. The molecule has 0 aromatic heterocycles. The Labute approximate surface area is 89.0 Å². The van der Waals surface area contributed by atoms with Crippen molar-refractivity contribution < 1.29 is 0 Å². The van der Waals surface area contributed by atoms with Crippen molar-refractivity contribution in [3.05, 3.63) is 35.9 Å². The molecule has 0 aliphatic carbocycles. The zero-order valence-corrected chi connectivity index (χ0v) is 8.79. The van der Waals surface area contributed by atoms with Gasteiger partial charge in [0.1, 0.15) is 0 Å². The summed E-state index contributed by atoms with van der Waals surface area (Å²) in [5.41, 5.74) is 8.96. The minimum atomic E-state index is 0.182. The van der Waals surface area contributed by atoms with Gasteiger partial charge in [-0.2, -0.15) is 5.10 Å². The third-order valence-electron chi connectivity index (χ3n) is 1.80. The summed E-state index contributed by atoms with van der Waals surface area (Å²) in [4.78, 5) is 0. The molecule has 1 aromatic rings. The predicted molar refractivity (Wildman–Crippen MR) is 63.3 cm³/mol. The summed E-state index contributed by atoms with van der Waals surface area (Å²) in [5.74, 6) is 0.248. The van der Waals surface area contributed by atoms with E-state index >= 15 is 0 Å². The lowest BCUT2D eigenvalue weighted by atomic mass is 10.0. The van der Waals surface area contributed by atoms with E-state index < -0.39 is 0 Å². The van der Waals surface area contributed by atoms with Gasteiger partial charge in [-0.15, -0.1) is 0 Å². The molecular weight excluding hydrogens is 194 g/mol. The second-order valence-corrected chi connectivity index (χ2v) is 3.39. The zero-order chi connectivity index (χ0) is 10.4. The molecule has 0 saturated heterocycles. The van der Waals surface area contributed by atoms with E-state index in [0.717, 1.165) is 0 Å². The second-order valence-electron chi connectivity index (χ2n) is 2.95. The molecule has 0 spiro atoms. The van der Waals surface area contributed by atoms with E-state index in [1.807, 2.05) is 18.2 Å². The largest absolute Gasteiger partial charge is 0.375 e. The summed E-state index contributed by atoms with van der Waals surface area (Å²) >= 11 is 4.62. The lowest BCUT2D eigenvalue weighted by molar-refractivity contribution is 0.979. The van der Waals surface area contributed by atoms with Gasteiger partial charge in [0.15, 0.2) is 5.11 Å². The predicted octanol–water partition coefficient (Wildman–Crippen LogP) is 1.61. The molecule has 0 radical (unpaired) electrons. The lowest BCUT2D eigenvalue weighted by Gasteiger charge is -2.04. The van der Waals surface area contributed by atoms with E-state index in [1.54, 1.807) is 6.21 Å². The standard InChI is InChI=1S/C10H13N3S/c1-8(7-12-13-10(11)14)9-5-3-2-4-6-9/h2-8H,1H3,(H3,11,13,14). The first-order chi connectivity index (χ1) is 6.70. The minimum Gasteiger partial charge on any atom is -0.375 e. The normalized spacial score (nSPS) is 12.6. The fourth-order valence-electron chi connectivity index (χ4n) is 1.06. The van der Waals surface area contributed by atoms with Crippen LogP contribution in [0.4, 0.5) is 0 Å². The smallest absolute Gasteiger partial charge is 0.184 e. The van der Waals surface area contributed by atoms with Gasteiger partial charge in [0, 0.05) is 12.1 Å². The molecule has 0 fully saturated rings. The molecule has 0 aliphatic heterocycles. The number of nitrogens with two attached hydrogens (primary N) is 1. The molecule has 1 aromatic carbocycles. The SMILES string of the molecule is CC(C=NNC(N)=S)c1ccccc1. The maximum absolute atomic E-state index is 5.22. The maximum Gasteiger partial charge on any atom is 0.184 e. The van der Waals surface area contributed by atoms with Crippen molar-refractivity contribution in [3.8, 4) is 0 Å². The number of rotatable bonds is 3. The molecule has 0 amide bonds. The summed E-state index contributed by atoms with van der Waals surface area (Å²) in [6.07, 6.45) is 1.77. The topological polar surface area (TPSA) is 50.4 Å². The van der Waals surface area contributed by atoms with Crippen LogP contribution in [0.25, 0.3) is 0 Å². The average Bonchev–Trinajstić information content (AvgIpc) is 2.18. The van der Waals surface area contributed by atoms with Gasteiger partial charge in [0.2, 0.25) is 0 Å². The van der Waals surface area contributed by atoms with Crippen molar-refractivity contribution in [1.82, 2.24) is 5.43 Å². The van der Waals surface area contributed by atoms with Crippen LogP contribution >= 0.6 is 12.2 Å². The lowest BCUT2D eigenvalue weighted by Crippen LogP contribution is -2.24. The average molecular weight is 207 g/mol. The van der Waals surface area contributed by atoms with E-state index in [1.165, 1.54) is 5.56 Å². The third-order valence-corrected chi connectivity index (χ3v) is 1.89. The Hall–Kier alpha value is -1.42. The van der Waals surface area contributed by atoms with Gasteiger partial charge in [-0.3, -0.25) is 5.43 Å². The van der Waals surface area contributed by atoms with Crippen molar-refractivity contribution in [2.75, 3.05) is 0 Å². The van der Waals surface area contributed by atoms with Crippen molar-refractivity contribution in [1.29, 1.82) is 0 Å². The summed E-state index contributed by atoms with van der Waals surface area (Å²) in [6.45, 7) is 2.06. The number of thiocarbonyl (C=S) groups is 1. The van der Waals surface area contributed by atoms with Gasteiger partial charge in [-0.05, 0) is 17.8 Å². The fraction of sp³-hybridized carbons (Fsp3) is 0.200. The highest BCUT2D eigenvalue weighted by molar-refractivity contribution is 7.80. The van der Waals surface area contributed by atoms with Crippen LogP contribution < -0.4 is 11.2 Å². The van der Waals surface area contributed by atoms with Gasteiger partial charge >= 0.3 is 0 Å². The number of benzene rings is 1. The number of hydrazone groups is 1. The van der Waals surface area contributed by atoms with Gasteiger partial charge in [-0.25, -0.2) is 0 Å². The molecule has 3 nitrogen and oxygen atoms in total. The Balaban J connectivity index is 2.54. The van der Waals surface area contributed by atoms with E-state index in [-0.39, 0.29) is 11.0 Å². The van der Waals surface area contributed by atoms with E-state index in [9.17, 15) is 0 Å². The van der Waals surface area contributed by atoms with Crippen molar-refractivity contribution in [2.45, 2.75) is 12.8 Å². The summed E-state index contributed by atoms with van der Waals surface area (Å²) in [5, 5.41) is 4.09. The van der Waals surface area contributed by atoms with Crippen LogP contribution in [0.3, 0.4) is 0 Å². The highest BCUT2D eigenvalue weighted by Crippen LogP contribution is 2.11. The molecule has 0 bridgehead atoms. The van der Waals surface area contributed by atoms with Gasteiger partial charge < -0.3 is 5.73 Å². The number of hydrogen-bond acceptors (Lipinski definition) is 2. The van der Waals surface area contributed by atoms with Crippen LogP contribution in [0.5, 0.6) is 0 Å². The first kappa shape index (κ1) is 10.7. The minimum absolute atomic E-state index is 0.182. The first-order valence-electron chi connectivity index (χ1n) is 4.33. The Morgan fingerprint density at radius 3 is 2.71 bits per heavy atom. The van der Waals surface area contributed by atoms with E-state index in [2.05, 4.69) is 41.8 Å². The van der Waals surface area contributed by atoms with Crippen molar-refractivity contribution in [2.24, 2.45) is 10.8 Å². The highest BCUT2D eigenvalue weighted by atomic mass is 32.1. The van der Waals surface area contributed by atoms with Crippen LogP contribution in [-0.4, -0.2) is 11.3 Å². The molecule has 0 heterocycles. The van der Waals surface area contributed by atoms with Crippen LogP contribution in [0, 0.1) is 0 Å². The summed E-state index contributed by atoms with van der Waals surface area (Å²) in [7, 11) is 0.